The van der Waals surface area contributed by atoms with Crippen molar-refractivity contribution in [3.8, 4) is 23.0 Å². The van der Waals surface area contributed by atoms with Gasteiger partial charge in [-0.25, -0.2) is 10.4 Å². The standard InChI is InChI=1S/C25H32N2O6/c1-8-17-18(9-10-19-22(17)33-12-11-32-19)24(29)27(26-25(3,4)5)23(28)16-13-20(30-6)15(2)21(14-16)31-7/h9-10,13-14,26H,8,11-12H2,1-7H3. The number of nitrogens with zero attached hydrogens (tertiary/aromatic N) is 1. The molecule has 2 aromatic rings. The molecule has 0 saturated carbocycles. The van der Waals surface area contributed by atoms with Crippen LogP contribution in [0.5, 0.6) is 23.0 Å². The van der Waals surface area contributed by atoms with E-state index in [1.807, 2.05) is 34.6 Å². The number of nitrogens with one attached hydrogen (secondary N) is 1. The van der Waals surface area contributed by atoms with Crippen molar-refractivity contribution >= 4 is 11.8 Å². The first-order valence-electron chi connectivity index (χ1n) is 10.9. The molecule has 1 aliphatic heterocycles. The van der Waals surface area contributed by atoms with Crippen molar-refractivity contribution in [2.75, 3.05) is 27.4 Å². The number of carbonyl (C=O) groups excluding carboxylic acids is 2. The number of benzene rings is 2. The quantitative estimate of drug-likeness (QED) is 0.521. The minimum absolute atomic E-state index is 0.259. The number of fused-ring (bicyclic) bond motifs is 1. The van der Waals surface area contributed by atoms with Gasteiger partial charge in [-0.05, 0) is 58.4 Å². The lowest BCUT2D eigenvalue weighted by atomic mass is 10.0. The molecule has 0 atom stereocenters. The van der Waals surface area contributed by atoms with Crippen molar-refractivity contribution < 1.29 is 28.5 Å². The average molecular weight is 457 g/mol. The lowest BCUT2D eigenvalue weighted by molar-refractivity contribution is 0.0450. The Morgan fingerprint density at radius 2 is 1.64 bits per heavy atom. The van der Waals surface area contributed by atoms with Gasteiger partial charge in [-0.3, -0.25) is 9.59 Å². The van der Waals surface area contributed by atoms with E-state index in [9.17, 15) is 9.59 Å². The Bertz CT molecular complexity index is 1030. The van der Waals surface area contributed by atoms with E-state index in [-0.39, 0.29) is 5.56 Å². The van der Waals surface area contributed by atoms with Gasteiger partial charge in [0.1, 0.15) is 24.7 Å². The highest BCUT2D eigenvalue weighted by Crippen LogP contribution is 2.37. The largest absolute Gasteiger partial charge is 0.496 e. The number of amides is 2. The third-order valence-corrected chi connectivity index (χ3v) is 5.25. The van der Waals surface area contributed by atoms with E-state index in [1.54, 1.807) is 24.3 Å². The molecule has 8 nitrogen and oxygen atoms in total. The van der Waals surface area contributed by atoms with Crippen molar-refractivity contribution in [2.45, 2.75) is 46.6 Å². The minimum atomic E-state index is -0.565. The molecule has 3 rings (SSSR count). The molecule has 0 radical (unpaired) electrons. The highest BCUT2D eigenvalue weighted by molar-refractivity contribution is 6.11. The molecule has 8 heteroatoms. The van der Waals surface area contributed by atoms with E-state index in [0.29, 0.717) is 53.8 Å². The molecule has 2 amide bonds. The van der Waals surface area contributed by atoms with Crippen LogP contribution >= 0.6 is 0 Å². The van der Waals surface area contributed by atoms with E-state index in [1.165, 1.54) is 14.2 Å². The van der Waals surface area contributed by atoms with Gasteiger partial charge in [0.2, 0.25) is 0 Å². The summed E-state index contributed by atoms with van der Waals surface area (Å²) < 4.78 is 22.3. The molecule has 33 heavy (non-hydrogen) atoms. The molecule has 1 heterocycles. The number of hydrogen-bond acceptors (Lipinski definition) is 7. The first kappa shape index (κ1) is 24.4. The minimum Gasteiger partial charge on any atom is -0.496 e. The number of hydrogen-bond donors (Lipinski definition) is 1. The monoisotopic (exact) mass is 456 g/mol. The zero-order chi connectivity index (χ0) is 24.3. The van der Waals surface area contributed by atoms with Crippen LogP contribution in [0.1, 0.15) is 59.5 Å². The lowest BCUT2D eigenvalue weighted by Gasteiger charge is -2.31. The van der Waals surface area contributed by atoms with Gasteiger partial charge in [-0.1, -0.05) is 6.92 Å². The summed E-state index contributed by atoms with van der Waals surface area (Å²) >= 11 is 0. The third kappa shape index (κ3) is 5.06. The summed E-state index contributed by atoms with van der Waals surface area (Å²) in [5.41, 5.74) is 4.58. The summed E-state index contributed by atoms with van der Waals surface area (Å²) in [4.78, 5) is 27.4. The Kier molecular flexibility index (Phi) is 7.17. The van der Waals surface area contributed by atoms with Crippen LogP contribution in [0.2, 0.25) is 0 Å². The van der Waals surface area contributed by atoms with Gasteiger partial charge in [-0.15, -0.1) is 0 Å². The maximum atomic E-state index is 13.8. The highest BCUT2D eigenvalue weighted by atomic mass is 16.6. The number of rotatable bonds is 6. The molecule has 1 aliphatic rings. The smallest absolute Gasteiger partial charge is 0.275 e. The normalized spacial score (nSPS) is 12.8. The predicted octanol–water partition coefficient (Wildman–Crippen LogP) is 3.93. The van der Waals surface area contributed by atoms with E-state index < -0.39 is 17.4 Å². The van der Waals surface area contributed by atoms with Gasteiger partial charge in [0.15, 0.2) is 11.5 Å². The molecule has 0 fully saturated rings. The maximum absolute atomic E-state index is 13.8. The van der Waals surface area contributed by atoms with Crippen molar-refractivity contribution in [2.24, 2.45) is 0 Å². The van der Waals surface area contributed by atoms with E-state index >= 15 is 0 Å². The van der Waals surface area contributed by atoms with E-state index in [2.05, 4.69) is 5.43 Å². The van der Waals surface area contributed by atoms with E-state index in [0.717, 1.165) is 10.6 Å². The second-order valence-electron chi connectivity index (χ2n) is 8.78. The van der Waals surface area contributed by atoms with Crippen LogP contribution in [0.25, 0.3) is 0 Å². The molecule has 0 aromatic heterocycles. The van der Waals surface area contributed by atoms with Crippen LogP contribution in [0.3, 0.4) is 0 Å². The van der Waals surface area contributed by atoms with Gasteiger partial charge >= 0.3 is 0 Å². The fourth-order valence-electron chi connectivity index (χ4n) is 3.71. The highest BCUT2D eigenvalue weighted by Gasteiger charge is 2.32. The van der Waals surface area contributed by atoms with Crippen LogP contribution in [-0.4, -0.2) is 49.8 Å². The summed E-state index contributed by atoms with van der Waals surface area (Å²) in [5.74, 6) is 1.13. The average Bonchev–Trinajstić information content (AvgIpc) is 2.80. The number of hydrazine groups is 1. The second-order valence-corrected chi connectivity index (χ2v) is 8.78. The molecule has 0 aliphatic carbocycles. The number of ether oxygens (including phenoxy) is 4. The van der Waals surface area contributed by atoms with Crippen molar-refractivity contribution in [1.82, 2.24) is 10.4 Å². The Morgan fingerprint density at radius 1 is 1.03 bits per heavy atom. The second kappa shape index (κ2) is 9.70. The van der Waals surface area contributed by atoms with Crippen molar-refractivity contribution in [1.29, 1.82) is 0 Å². The lowest BCUT2D eigenvalue weighted by Crippen LogP contribution is -2.55. The SMILES string of the molecule is CCc1c(C(=O)N(NC(C)(C)C)C(=O)c2cc(OC)c(C)c(OC)c2)ccc2c1OCCO2. The molecule has 0 bridgehead atoms. The molecular weight excluding hydrogens is 424 g/mol. The Hall–Kier alpha value is -3.26. The third-order valence-electron chi connectivity index (χ3n) is 5.25. The molecule has 0 unspecified atom stereocenters. The maximum Gasteiger partial charge on any atom is 0.275 e. The number of carbonyl (C=O) groups is 2. The zero-order valence-electron chi connectivity index (χ0n) is 20.3. The molecule has 0 spiro atoms. The predicted molar refractivity (Wildman–Crippen MR) is 124 cm³/mol. The van der Waals surface area contributed by atoms with Gasteiger partial charge in [0, 0.05) is 27.8 Å². The Morgan fingerprint density at radius 3 is 2.18 bits per heavy atom. The molecular formula is C25H32N2O6. The van der Waals surface area contributed by atoms with Gasteiger partial charge in [0.05, 0.1) is 14.2 Å². The van der Waals surface area contributed by atoms with Gasteiger partial charge in [0.25, 0.3) is 11.8 Å². The summed E-state index contributed by atoms with van der Waals surface area (Å²) in [6.45, 7) is 10.3. The van der Waals surface area contributed by atoms with E-state index in [4.69, 9.17) is 18.9 Å². The summed E-state index contributed by atoms with van der Waals surface area (Å²) in [5, 5.41) is 1.05. The fourth-order valence-corrected chi connectivity index (χ4v) is 3.71. The first-order valence-corrected chi connectivity index (χ1v) is 10.9. The van der Waals surface area contributed by atoms with Crippen molar-refractivity contribution in [3.63, 3.8) is 0 Å². The molecule has 0 saturated heterocycles. The Labute approximate surface area is 194 Å². The molecule has 1 N–H and O–H groups in total. The van der Waals surface area contributed by atoms with Crippen LogP contribution < -0.4 is 24.4 Å². The molecule has 178 valence electrons. The van der Waals surface area contributed by atoms with Crippen LogP contribution in [-0.2, 0) is 6.42 Å². The van der Waals surface area contributed by atoms with Crippen LogP contribution in [0.15, 0.2) is 24.3 Å². The number of imide groups is 1. The van der Waals surface area contributed by atoms with Gasteiger partial charge < -0.3 is 18.9 Å². The van der Waals surface area contributed by atoms with Crippen molar-refractivity contribution in [3.05, 3.63) is 46.5 Å². The zero-order valence-corrected chi connectivity index (χ0v) is 20.3. The topological polar surface area (TPSA) is 86.3 Å². The summed E-state index contributed by atoms with van der Waals surface area (Å²) in [6, 6.07) is 6.60. The first-order chi connectivity index (χ1) is 15.6. The summed E-state index contributed by atoms with van der Waals surface area (Å²) in [6.07, 6.45) is 0.539. The van der Waals surface area contributed by atoms with Gasteiger partial charge in [-0.2, -0.15) is 0 Å². The van der Waals surface area contributed by atoms with Crippen LogP contribution in [0.4, 0.5) is 0 Å². The number of methoxy groups -OCH3 is 2. The fraction of sp³-hybridized carbons (Fsp3) is 0.440. The van der Waals surface area contributed by atoms with Crippen LogP contribution in [0, 0.1) is 6.92 Å². The summed E-state index contributed by atoms with van der Waals surface area (Å²) in [7, 11) is 3.05. The Balaban J connectivity index is 2.09. The molecule has 2 aromatic carbocycles.